The summed E-state index contributed by atoms with van der Waals surface area (Å²) in [5.74, 6) is 0.707. The van der Waals surface area contributed by atoms with Crippen molar-refractivity contribution in [3.05, 3.63) is 95.1 Å². The second-order valence-electron chi connectivity index (χ2n) is 8.25. The van der Waals surface area contributed by atoms with Crippen LogP contribution in [0.25, 0.3) is 0 Å². The molecule has 0 radical (unpaired) electrons. The van der Waals surface area contributed by atoms with E-state index in [1.165, 1.54) is 5.56 Å². The highest BCUT2D eigenvalue weighted by atomic mass is 16.5. The van der Waals surface area contributed by atoms with E-state index < -0.39 is 0 Å². The number of para-hydroxylation sites is 2. The van der Waals surface area contributed by atoms with Crippen molar-refractivity contribution in [3.8, 4) is 5.75 Å². The van der Waals surface area contributed by atoms with Crippen LogP contribution in [0.3, 0.4) is 0 Å². The molecule has 4 rings (SSSR count). The monoisotopic (exact) mass is 442 g/mol. The van der Waals surface area contributed by atoms with Crippen LogP contribution >= 0.6 is 0 Å². The molecule has 1 heterocycles. The van der Waals surface area contributed by atoms with Crippen LogP contribution in [0.5, 0.6) is 5.75 Å². The molecule has 1 N–H and O–H groups in total. The molecular weight excluding hydrogens is 412 g/mol. The number of hydrazone groups is 1. The van der Waals surface area contributed by atoms with Gasteiger partial charge in [0.2, 0.25) is 0 Å². The molecule has 0 spiro atoms. The lowest BCUT2D eigenvalue weighted by atomic mass is 10.1. The number of ether oxygens (including phenoxy) is 1. The van der Waals surface area contributed by atoms with E-state index in [0.717, 1.165) is 55.3 Å². The van der Waals surface area contributed by atoms with Crippen molar-refractivity contribution >= 4 is 17.8 Å². The number of nitrogens with one attached hydrogen (secondary N) is 1. The second kappa shape index (κ2) is 10.8. The summed E-state index contributed by atoms with van der Waals surface area (Å²) in [6.07, 6.45) is 1.66. The summed E-state index contributed by atoms with van der Waals surface area (Å²) in [6.45, 7) is 6.77. The van der Waals surface area contributed by atoms with Crippen molar-refractivity contribution in [1.29, 1.82) is 0 Å². The molecule has 0 unspecified atom stereocenters. The van der Waals surface area contributed by atoms with Gasteiger partial charge in [0.1, 0.15) is 5.75 Å². The molecule has 0 aliphatic carbocycles. The molecular formula is C27H30N4O2. The van der Waals surface area contributed by atoms with Crippen LogP contribution in [0.15, 0.2) is 77.9 Å². The fraction of sp³-hybridized carbons (Fsp3) is 0.259. The Hall–Kier alpha value is -3.64. The molecule has 6 nitrogen and oxygen atoms in total. The highest BCUT2D eigenvalue weighted by Gasteiger charge is 2.19. The summed E-state index contributed by atoms with van der Waals surface area (Å²) >= 11 is 0. The van der Waals surface area contributed by atoms with Crippen LogP contribution in [-0.2, 0) is 6.54 Å². The van der Waals surface area contributed by atoms with Crippen molar-refractivity contribution in [3.63, 3.8) is 0 Å². The number of rotatable bonds is 7. The molecule has 6 heteroatoms. The van der Waals surface area contributed by atoms with Crippen LogP contribution in [0.2, 0.25) is 0 Å². The zero-order valence-electron chi connectivity index (χ0n) is 19.2. The fourth-order valence-corrected chi connectivity index (χ4v) is 4.04. The van der Waals surface area contributed by atoms with E-state index >= 15 is 0 Å². The Bertz CT molecular complexity index is 1100. The minimum Gasteiger partial charge on any atom is -0.495 e. The second-order valence-corrected chi connectivity index (χ2v) is 8.25. The molecule has 0 aromatic heterocycles. The first-order valence-corrected chi connectivity index (χ1v) is 11.2. The maximum atomic E-state index is 12.4. The smallest absolute Gasteiger partial charge is 0.271 e. The minimum absolute atomic E-state index is 0.212. The highest BCUT2D eigenvalue weighted by Crippen LogP contribution is 2.28. The van der Waals surface area contributed by atoms with Gasteiger partial charge in [-0.1, -0.05) is 54.1 Å². The summed E-state index contributed by atoms with van der Waals surface area (Å²) in [5.41, 5.74) is 7.66. The van der Waals surface area contributed by atoms with E-state index in [4.69, 9.17) is 4.74 Å². The maximum absolute atomic E-state index is 12.4. The highest BCUT2D eigenvalue weighted by molar-refractivity contribution is 5.94. The Balaban J connectivity index is 1.27. The summed E-state index contributed by atoms with van der Waals surface area (Å²) in [5, 5.41) is 4.07. The van der Waals surface area contributed by atoms with Crippen molar-refractivity contribution < 1.29 is 9.53 Å². The van der Waals surface area contributed by atoms with Gasteiger partial charge in [-0.2, -0.15) is 5.10 Å². The normalized spacial score (nSPS) is 14.4. The standard InChI is InChI=1S/C27H30N4O2/c1-21-6-5-7-23(18-21)19-28-29-27(32)24-12-10-22(11-13-24)20-30-14-16-31(17-15-30)25-8-3-4-9-26(25)33-2/h3-13,18-19H,14-17,20H2,1-2H3,(H,29,32)/b28-19-. The van der Waals surface area contributed by atoms with Gasteiger partial charge in [-0.3, -0.25) is 9.69 Å². The molecule has 1 aliphatic rings. The first kappa shape index (κ1) is 22.6. The quantitative estimate of drug-likeness (QED) is 0.442. The Morgan fingerprint density at radius 2 is 1.76 bits per heavy atom. The van der Waals surface area contributed by atoms with Crippen molar-refractivity contribution in [2.75, 3.05) is 38.2 Å². The third kappa shape index (κ3) is 5.99. The van der Waals surface area contributed by atoms with Gasteiger partial charge in [0.15, 0.2) is 0 Å². The lowest BCUT2D eigenvalue weighted by molar-refractivity contribution is 0.0955. The summed E-state index contributed by atoms with van der Waals surface area (Å²) in [6, 6.07) is 23.9. The van der Waals surface area contributed by atoms with E-state index in [0.29, 0.717) is 5.56 Å². The number of amides is 1. The predicted molar refractivity (Wildman–Crippen MR) is 133 cm³/mol. The Labute approximate surface area is 195 Å². The number of methoxy groups -OCH3 is 1. The zero-order chi connectivity index (χ0) is 23.0. The third-order valence-corrected chi connectivity index (χ3v) is 5.84. The third-order valence-electron chi connectivity index (χ3n) is 5.84. The van der Waals surface area contributed by atoms with Gasteiger partial charge in [0.25, 0.3) is 5.91 Å². The van der Waals surface area contributed by atoms with Gasteiger partial charge in [-0.25, -0.2) is 5.43 Å². The molecule has 33 heavy (non-hydrogen) atoms. The lowest BCUT2D eigenvalue weighted by Gasteiger charge is -2.36. The van der Waals surface area contributed by atoms with Gasteiger partial charge in [-0.15, -0.1) is 0 Å². The fourth-order valence-electron chi connectivity index (χ4n) is 4.04. The van der Waals surface area contributed by atoms with E-state index in [9.17, 15) is 4.79 Å². The molecule has 3 aromatic rings. The molecule has 3 aromatic carbocycles. The molecule has 1 saturated heterocycles. The average Bonchev–Trinajstić information content (AvgIpc) is 2.85. The largest absolute Gasteiger partial charge is 0.495 e. The lowest BCUT2D eigenvalue weighted by Crippen LogP contribution is -2.46. The van der Waals surface area contributed by atoms with E-state index in [2.05, 4.69) is 32.5 Å². The van der Waals surface area contributed by atoms with Crippen LogP contribution in [0.4, 0.5) is 5.69 Å². The van der Waals surface area contributed by atoms with Crippen molar-refractivity contribution in [2.24, 2.45) is 5.10 Å². The number of nitrogens with zero attached hydrogens (tertiary/aromatic N) is 3. The summed E-state index contributed by atoms with van der Waals surface area (Å²) in [4.78, 5) is 17.2. The number of piperazine rings is 1. The topological polar surface area (TPSA) is 57.2 Å². The number of hydrogen-bond acceptors (Lipinski definition) is 5. The van der Waals surface area contributed by atoms with E-state index in [1.807, 2.05) is 67.6 Å². The van der Waals surface area contributed by atoms with Gasteiger partial charge >= 0.3 is 0 Å². The zero-order valence-corrected chi connectivity index (χ0v) is 19.2. The van der Waals surface area contributed by atoms with Gasteiger partial charge < -0.3 is 9.64 Å². The Morgan fingerprint density at radius 3 is 2.48 bits per heavy atom. The van der Waals surface area contributed by atoms with Gasteiger partial charge in [0, 0.05) is 38.3 Å². The van der Waals surface area contributed by atoms with Gasteiger partial charge in [0.05, 0.1) is 19.0 Å². The van der Waals surface area contributed by atoms with Crippen LogP contribution in [0, 0.1) is 6.92 Å². The SMILES string of the molecule is COc1ccccc1N1CCN(Cc2ccc(C(=O)N/N=C\c3cccc(C)c3)cc2)CC1. The molecule has 1 fully saturated rings. The number of carbonyl (C=O) groups is 1. The van der Waals surface area contributed by atoms with Crippen LogP contribution < -0.4 is 15.1 Å². The molecule has 0 saturated carbocycles. The van der Waals surface area contributed by atoms with Crippen LogP contribution in [-0.4, -0.2) is 50.3 Å². The van der Waals surface area contributed by atoms with Crippen molar-refractivity contribution in [2.45, 2.75) is 13.5 Å². The number of carbonyl (C=O) groups excluding carboxylic acids is 1. The average molecular weight is 443 g/mol. The number of benzene rings is 3. The molecule has 170 valence electrons. The molecule has 0 bridgehead atoms. The number of hydrogen-bond donors (Lipinski definition) is 1. The maximum Gasteiger partial charge on any atom is 0.271 e. The van der Waals surface area contributed by atoms with Gasteiger partial charge in [-0.05, 0) is 42.3 Å². The number of aryl methyl sites for hydroxylation is 1. The Kier molecular flexibility index (Phi) is 7.37. The van der Waals surface area contributed by atoms with Crippen molar-refractivity contribution in [1.82, 2.24) is 10.3 Å². The minimum atomic E-state index is -0.212. The van der Waals surface area contributed by atoms with E-state index in [1.54, 1.807) is 13.3 Å². The van der Waals surface area contributed by atoms with E-state index in [-0.39, 0.29) is 5.91 Å². The molecule has 1 aliphatic heterocycles. The predicted octanol–water partition coefficient (Wildman–Crippen LogP) is 4.09. The molecule has 1 amide bonds. The summed E-state index contributed by atoms with van der Waals surface area (Å²) in [7, 11) is 1.72. The molecule has 0 atom stereocenters. The summed E-state index contributed by atoms with van der Waals surface area (Å²) < 4.78 is 5.51. The first-order chi connectivity index (χ1) is 16.1. The van der Waals surface area contributed by atoms with Crippen LogP contribution in [0.1, 0.15) is 27.0 Å². The number of anilines is 1. The first-order valence-electron chi connectivity index (χ1n) is 11.2. The Morgan fingerprint density at radius 1 is 1.00 bits per heavy atom.